The average Bonchev–Trinajstić information content (AvgIpc) is 3.46. The molecule has 38 heavy (non-hydrogen) atoms. The number of nitrogens with zero attached hydrogens (tertiary/aromatic N) is 2. The molecule has 0 bridgehead atoms. The Balaban J connectivity index is 1.39. The molecule has 0 aliphatic rings. The molecular weight excluding hydrogens is 532 g/mol. The molecule has 10 nitrogen and oxygen atoms in total. The van der Waals surface area contributed by atoms with Crippen LogP contribution in [0.4, 0.5) is 0 Å². The summed E-state index contributed by atoms with van der Waals surface area (Å²) in [4.78, 5) is 8.53. The van der Waals surface area contributed by atoms with Crippen LogP contribution in [0.5, 0.6) is 0 Å². The highest BCUT2D eigenvalue weighted by atomic mass is 32.2. The third-order valence-electron chi connectivity index (χ3n) is 5.80. The fourth-order valence-electron chi connectivity index (χ4n) is 3.89. The third kappa shape index (κ3) is 5.02. The maximum atomic E-state index is 11.3. The lowest BCUT2D eigenvalue weighted by Gasteiger charge is -2.01. The van der Waals surface area contributed by atoms with E-state index < -0.39 is 20.2 Å². The van der Waals surface area contributed by atoms with Crippen molar-refractivity contribution < 1.29 is 34.8 Å². The van der Waals surface area contributed by atoms with Gasteiger partial charge in [0.05, 0.1) is 21.2 Å². The second kappa shape index (κ2) is 9.33. The molecule has 0 fully saturated rings. The Morgan fingerprint density at radius 3 is 1.11 bits per heavy atom. The van der Waals surface area contributed by atoms with Crippen LogP contribution in [0.1, 0.15) is 11.4 Å². The molecule has 2 aromatic heterocycles. The van der Waals surface area contributed by atoms with Crippen LogP contribution in [0.3, 0.4) is 0 Å². The summed E-state index contributed by atoms with van der Waals surface area (Å²) in [6, 6.07) is 18.5. The molecule has 194 valence electrons. The topological polar surface area (TPSA) is 161 Å². The van der Waals surface area contributed by atoms with E-state index in [1.165, 1.54) is 48.5 Å². The van der Waals surface area contributed by atoms with Crippen molar-refractivity contribution in [2.75, 3.05) is 0 Å². The minimum atomic E-state index is -4.29. The van der Waals surface area contributed by atoms with Crippen molar-refractivity contribution in [2.45, 2.75) is 23.6 Å². The van der Waals surface area contributed by atoms with Gasteiger partial charge >= 0.3 is 0 Å². The van der Waals surface area contributed by atoms with Crippen molar-refractivity contribution in [2.24, 2.45) is 0 Å². The summed E-state index contributed by atoms with van der Waals surface area (Å²) in [5.41, 5.74) is 3.83. The van der Waals surface area contributed by atoms with E-state index in [-0.39, 0.29) is 9.79 Å². The summed E-state index contributed by atoms with van der Waals surface area (Å²) < 4.78 is 75.4. The zero-order valence-electron chi connectivity index (χ0n) is 20.0. The molecule has 0 atom stereocenters. The standard InChI is InChI=1S/C26H20N2O8S2/c1-15-23(17-7-11-21(12-8-17)37(29,30)31)35-25(27-15)19-3-5-20(6-4-19)26-28-16(2)24(36-26)18-9-13-22(14-10-18)38(32,33)34/h3-14H,1-2H3,(H,29,30,31)(H,32,33,34). The first-order valence-electron chi connectivity index (χ1n) is 11.1. The Labute approximate surface area is 218 Å². The van der Waals surface area contributed by atoms with E-state index in [0.29, 0.717) is 56.9 Å². The Morgan fingerprint density at radius 2 is 0.816 bits per heavy atom. The lowest BCUT2D eigenvalue weighted by molar-refractivity contribution is 0.481. The molecule has 0 saturated carbocycles. The molecule has 0 radical (unpaired) electrons. The van der Waals surface area contributed by atoms with Gasteiger partial charge in [-0.1, -0.05) is 0 Å². The van der Waals surface area contributed by atoms with E-state index >= 15 is 0 Å². The van der Waals surface area contributed by atoms with E-state index in [1.54, 1.807) is 38.1 Å². The van der Waals surface area contributed by atoms with Crippen LogP contribution < -0.4 is 0 Å². The van der Waals surface area contributed by atoms with Crippen LogP contribution >= 0.6 is 0 Å². The van der Waals surface area contributed by atoms with Crippen molar-refractivity contribution >= 4 is 20.2 Å². The van der Waals surface area contributed by atoms with Gasteiger partial charge in [-0.25, -0.2) is 9.97 Å². The molecule has 0 aliphatic carbocycles. The lowest BCUT2D eigenvalue weighted by atomic mass is 10.1. The summed E-state index contributed by atoms with van der Waals surface area (Å²) >= 11 is 0. The smallest absolute Gasteiger partial charge is 0.294 e. The molecule has 5 rings (SSSR count). The van der Waals surface area contributed by atoms with Gasteiger partial charge in [0.15, 0.2) is 11.5 Å². The quantitative estimate of drug-likeness (QED) is 0.259. The third-order valence-corrected chi connectivity index (χ3v) is 7.54. The van der Waals surface area contributed by atoms with Crippen LogP contribution in [0.15, 0.2) is 91.4 Å². The van der Waals surface area contributed by atoms with E-state index in [0.717, 1.165) is 0 Å². The van der Waals surface area contributed by atoms with E-state index in [2.05, 4.69) is 9.97 Å². The predicted octanol–water partition coefficient (Wildman–Crippen LogP) is 5.44. The van der Waals surface area contributed by atoms with Crippen molar-refractivity contribution in [3.63, 3.8) is 0 Å². The van der Waals surface area contributed by atoms with Crippen molar-refractivity contribution in [1.29, 1.82) is 0 Å². The summed E-state index contributed by atoms with van der Waals surface area (Å²) in [6.45, 7) is 3.54. The van der Waals surface area contributed by atoms with Gasteiger partial charge in [0.25, 0.3) is 20.2 Å². The largest absolute Gasteiger partial charge is 0.436 e. The van der Waals surface area contributed by atoms with Gasteiger partial charge in [0.1, 0.15) is 0 Å². The highest BCUT2D eigenvalue weighted by molar-refractivity contribution is 7.86. The van der Waals surface area contributed by atoms with Gasteiger partial charge in [0.2, 0.25) is 11.8 Å². The average molecular weight is 553 g/mol. The van der Waals surface area contributed by atoms with Crippen LogP contribution in [0.25, 0.3) is 45.6 Å². The van der Waals surface area contributed by atoms with Gasteiger partial charge in [-0.2, -0.15) is 16.8 Å². The molecule has 2 N–H and O–H groups in total. The van der Waals surface area contributed by atoms with E-state index in [9.17, 15) is 25.9 Å². The number of benzene rings is 3. The highest BCUT2D eigenvalue weighted by Crippen LogP contribution is 2.33. The molecule has 0 saturated heterocycles. The van der Waals surface area contributed by atoms with Gasteiger partial charge in [-0.05, 0) is 86.6 Å². The molecule has 0 spiro atoms. The Kier molecular flexibility index (Phi) is 6.27. The van der Waals surface area contributed by atoms with Crippen molar-refractivity contribution in [3.8, 4) is 45.6 Å². The summed E-state index contributed by atoms with van der Waals surface area (Å²) in [5, 5.41) is 0. The van der Waals surface area contributed by atoms with E-state index in [4.69, 9.17) is 8.83 Å². The minimum absolute atomic E-state index is 0.214. The molecule has 0 amide bonds. The molecule has 5 aromatic rings. The Hall–Kier alpha value is -4.10. The zero-order chi connectivity index (χ0) is 27.2. The zero-order valence-corrected chi connectivity index (χ0v) is 21.6. The maximum absolute atomic E-state index is 11.3. The predicted molar refractivity (Wildman–Crippen MR) is 137 cm³/mol. The number of oxazole rings is 2. The number of aromatic nitrogens is 2. The lowest BCUT2D eigenvalue weighted by Crippen LogP contribution is -1.97. The van der Waals surface area contributed by atoms with Gasteiger partial charge in [-0.3, -0.25) is 9.11 Å². The monoisotopic (exact) mass is 552 g/mol. The number of hydrogen-bond donors (Lipinski definition) is 2. The first-order valence-corrected chi connectivity index (χ1v) is 14.0. The molecule has 0 unspecified atom stereocenters. The first-order chi connectivity index (χ1) is 17.9. The molecule has 12 heteroatoms. The number of rotatable bonds is 6. The SMILES string of the molecule is Cc1nc(-c2ccc(-c3nc(C)c(-c4ccc(S(=O)(=O)O)cc4)o3)cc2)oc1-c1ccc(S(=O)(=O)O)cc1. The Morgan fingerprint density at radius 1 is 0.526 bits per heavy atom. The maximum Gasteiger partial charge on any atom is 0.294 e. The summed E-state index contributed by atoms with van der Waals surface area (Å²) in [6.07, 6.45) is 0. The van der Waals surface area contributed by atoms with Gasteiger partial charge in [0, 0.05) is 22.3 Å². The fraction of sp³-hybridized carbons (Fsp3) is 0.0769. The van der Waals surface area contributed by atoms with E-state index in [1.807, 2.05) is 0 Å². The molecular formula is C26H20N2O8S2. The first kappa shape index (κ1) is 25.5. The number of aryl methyl sites for hydroxylation is 2. The molecule has 3 aromatic carbocycles. The van der Waals surface area contributed by atoms with Gasteiger partial charge in [-0.15, -0.1) is 0 Å². The minimum Gasteiger partial charge on any atom is -0.436 e. The van der Waals surface area contributed by atoms with Crippen molar-refractivity contribution in [3.05, 3.63) is 84.2 Å². The van der Waals surface area contributed by atoms with Gasteiger partial charge < -0.3 is 8.83 Å². The fourth-order valence-corrected chi connectivity index (χ4v) is 4.85. The summed E-state index contributed by atoms with van der Waals surface area (Å²) in [5.74, 6) is 1.68. The second-order valence-corrected chi connectivity index (χ2v) is 11.3. The highest BCUT2D eigenvalue weighted by Gasteiger charge is 2.18. The normalized spacial score (nSPS) is 12.1. The van der Waals surface area contributed by atoms with Crippen LogP contribution in [-0.4, -0.2) is 35.9 Å². The Bertz CT molecular complexity index is 1710. The van der Waals surface area contributed by atoms with Crippen LogP contribution in [-0.2, 0) is 20.2 Å². The second-order valence-electron chi connectivity index (χ2n) is 8.44. The van der Waals surface area contributed by atoms with Crippen LogP contribution in [0.2, 0.25) is 0 Å². The number of hydrogen-bond acceptors (Lipinski definition) is 8. The van der Waals surface area contributed by atoms with Crippen molar-refractivity contribution in [1.82, 2.24) is 9.97 Å². The molecule has 0 aliphatic heterocycles. The van der Waals surface area contributed by atoms with Crippen LogP contribution in [0, 0.1) is 13.8 Å². The summed E-state index contributed by atoms with van der Waals surface area (Å²) in [7, 11) is -8.58. The molecule has 2 heterocycles.